The minimum Gasteiger partial charge on any atom is -0.353 e. The summed E-state index contributed by atoms with van der Waals surface area (Å²) in [5.41, 5.74) is 1.08. The van der Waals surface area contributed by atoms with Gasteiger partial charge in [0.2, 0.25) is 11.8 Å². The smallest absolute Gasteiger partial charge is 0.242 e. The molecular weight excluding hydrogens is 290 g/mol. The molecule has 0 saturated heterocycles. The number of hydrogen-bond donors (Lipinski definition) is 0. The number of hydrogen-bond acceptors (Lipinski definition) is 2. The third-order valence-corrected chi connectivity index (χ3v) is 3.67. The van der Waals surface area contributed by atoms with Gasteiger partial charge < -0.3 is 14.4 Å². The van der Waals surface area contributed by atoms with Crippen molar-refractivity contribution in [1.29, 1.82) is 0 Å². The third kappa shape index (κ3) is 5.93. The van der Waals surface area contributed by atoms with Gasteiger partial charge in [0.25, 0.3) is 0 Å². The van der Waals surface area contributed by atoms with Crippen molar-refractivity contribution in [3.8, 4) is 0 Å². The van der Waals surface area contributed by atoms with Crippen molar-refractivity contribution < 1.29 is 9.59 Å². The van der Waals surface area contributed by atoms with E-state index in [1.807, 2.05) is 34.8 Å². The highest BCUT2D eigenvalue weighted by molar-refractivity contribution is 5.84. The lowest BCUT2D eigenvalue weighted by molar-refractivity contribution is -0.140. The molecule has 128 valence electrons. The van der Waals surface area contributed by atoms with Gasteiger partial charge in [0.1, 0.15) is 6.54 Å². The van der Waals surface area contributed by atoms with Gasteiger partial charge in [0.15, 0.2) is 0 Å². The van der Waals surface area contributed by atoms with Crippen LogP contribution in [-0.2, 0) is 23.2 Å². The molecule has 0 fully saturated rings. The van der Waals surface area contributed by atoms with Gasteiger partial charge in [0, 0.05) is 38.4 Å². The van der Waals surface area contributed by atoms with Crippen molar-refractivity contribution in [3.05, 3.63) is 36.7 Å². The summed E-state index contributed by atoms with van der Waals surface area (Å²) in [5, 5.41) is 0. The van der Waals surface area contributed by atoms with E-state index in [-0.39, 0.29) is 18.4 Å². The van der Waals surface area contributed by atoms with Gasteiger partial charge in [-0.25, -0.2) is 0 Å². The maximum atomic E-state index is 12.7. The van der Waals surface area contributed by atoms with Crippen LogP contribution in [0, 0.1) is 5.92 Å². The molecule has 1 aromatic heterocycles. The molecule has 0 aliphatic rings. The molecule has 0 aromatic carbocycles. The van der Waals surface area contributed by atoms with E-state index in [2.05, 4.69) is 20.4 Å². The number of nitrogens with zero attached hydrogens (tertiary/aromatic N) is 3. The van der Waals surface area contributed by atoms with Crippen molar-refractivity contribution in [3.63, 3.8) is 0 Å². The molecule has 0 aliphatic heterocycles. The SMILES string of the molecule is C=CCN(CC(=O)N(Cc1cccn1C)CC(C)C)C(=O)CC. The van der Waals surface area contributed by atoms with Gasteiger partial charge in [0.05, 0.1) is 6.54 Å². The standard InChI is InChI=1S/C18H29N3O2/c1-6-10-20(17(22)7-2)14-18(23)21(12-15(3)4)13-16-9-8-11-19(16)5/h6,8-9,11,15H,1,7,10,12-14H2,2-5H3. The molecule has 0 unspecified atom stereocenters. The lowest BCUT2D eigenvalue weighted by Crippen LogP contribution is -2.44. The first kappa shape index (κ1) is 19.0. The highest BCUT2D eigenvalue weighted by Gasteiger charge is 2.21. The molecule has 0 bridgehead atoms. The number of amides is 2. The van der Waals surface area contributed by atoms with E-state index in [0.29, 0.717) is 32.0 Å². The number of aryl methyl sites for hydroxylation is 1. The molecule has 1 rings (SSSR count). The van der Waals surface area contributed by atoms with Crippen molar-refractivity contribution in [1.82, 2.24) is 14.4 Å². The maximum Gasteiger partial charge on any atom is 0.242 e. The van der Waals surface area contributed by atoms with Gasteiger partial charge in [-0.2, -0.15) is 0 Å². The summed E-state index contributed by atoms with van der Waals surface area (Å²) < 4.78 is 2.01. The number of rotatable bonds is 9. The van der Waals surface area contributed by atoms with E-state index in [0.717, 1.165) is 5.69 Å². The van der Waals surface area contributed by atoms with Gasteiger partial charge in [-0.05, 0) is 18.1 Å². The summed E-state index contributed by atoms with van der Waals surface area (Å²) in [7, 11) is 1.97. The van der Waals surface area contributed by atoms with E-state index >= 15 is 0 Å². The molecule has 0 radical (unpaired) electrons. The zero-order chi connectivity index (χ0) is 17.4. The molecule has 5 nitrogen and oxygen atoms in total. The highest BCUT2D eigenvalue weighted by atomic mass is 16.2. The molecule has 0 aliphatic carbocycles. The zero-order valence-corrected chi connectivity index (χ0v) is 14.8. The first-order chi connectivity index (χ1) is 10.9. The summed E-state index contributed by atoms with van der Waals surface area (Å²) in [6, 6.07) is 3.98. The Morgan fingerprint density at radius 3 is 2.48 bits per heavy atom. The minimum absolute atomic E-state index is 0.0245. The highest BCUT2D eigenvalue weighted by Crippen LogP contribution is 2.09. The van der Waals surface area contributed by atoms with Gasteiger partial charge in [-0.3, -0.25) is 9.59 Å². The fourth-order valence-corrected chi connectivity index (χ4v) is 2.45. The topological polar surface area (TPSA) is 45.6 Å². The van der Waals surface area contributed by atoms with Crippen molar-refractivity contribution in [2.24, 2.45) is 13.0 Å². The Morgan fingerprint density at radius 2 is 2.00 bits per heavy atom. The van der Waals surface area contributed by atoms with Crippen molar-refractivity contribution >= 4 is 11.8 Å². The molecule has 2 amide bonds. The first-order valence-electron chi connectivity index (χ1n) is 8.15. The Balaban J connectivity index is 2.83. The van der Waals surface area contributed by atoms with E-state index in [9.17, 15) is 9.59 Å². The molecule has 23 heavy (non-hydrogen) atoms. The van der Waals surface area contributed by atoms with Crippen LogP contribution in [0.2, 0.25) is 0 Å². The average Bonchev–Trinajstić information content (AvgIpc) is 2.90. The van der Waals surface area contributed by atoms with E-state index in [1.54, 1.807) is 17.9 Å². The number of aromatic nitrogens is 1. The van der Waals surface area contributed by atoms with Crippen LogP contribution < -0.4 is 0 Å². The minimum atomic E-state index is -0.0263. The van der Waals surface area contributed by atoms with Crippen LogP contribution in [0.1, 0.15) is 32.9 Å². The van der Waals surface area contributed by atoms with Crippen molar-refractivity contribution in [2.45, 2.75) is 33.7 Å². The summed E-state index contributed by atoms with van der Waals surface area (Å²) in [6.07, 6.45) is 4.02. The monoisotopic (exact) mass is 319 g/mol. The molecule has 1 heterocycles. The van der Waals surface area contributed by atoms with Crippen LogP contribution in [0.15, 0.2) is 31.0 Å². The summed E-state index contributed by atoms with van der Waals surface area (Å²) in [6.45, 7) is 11.4. The van der Waals surface area contributed by atoms with Gasteiger partial charge >= 0.3 is 0 Å². The van der Waals surface area contributed by atoms with Gasteiger partial charge in [-0.1, -0.05) is 26.8 Å². The Kier molecular flexibility index (Phi) is 7.59. The summed E-state index contributed by atoms with van der Waals surface area (Å²) in [4.78, 5) is 28.1. The Labute approximate surface area is 139 Å². The van der Waals surface area contributed by atoms with Crippen LogP contribution in [0.5, 0.6) is 0 Å². The van der Waals surface area contributed by atoms with Crippen LogP contribution in [-0.4, -0.2) is 45.8 Å². The summed E-state index contributed by atoms with van der Waals surface area (Å²) in [5.74, 6) is 0.319. The van der Waals surface area contributed by atoms with Crippen LogP contribution in [0.3, 0.4) is 0 Å². The quantitative estimate of drug-likeness (QED) is 0.656. The maximum absolute atomic E-state index is 12.7. The Morgan fingerprint density at radius 1 is 1.30 bits per heavy atom. The second kappa shape index (κ2) is 9.18. The molecule has 0 spiro atoms. The predicted molar refractivity (Wildman–Crippen MR) is 92.7 cm³/mol. The first-order valence-corrected chi connectivity index (χ1v) is 8.15. The second-order valence-electron chi connectivity index (χ2n) is 6.20. The molecule has 0 N–H and O–H groups in total. The fourth-order valence-electron chi connectivity index (χ4n) is 2.45. The lowest BCUT2D eigenvalue weighted by Gasteiger charge is -2.28. The average molecular weight is 319 g/mol. The molecule has 0 saturated carbocycles. The second-order valence-corrected chi connectivity index (χ2v) is 6.20. The van der Waals surface area contributed by atoms with Crippen LogP contribution in [0.4, 0.5) is 0 Å². The molecule has 0 atom stereocenters. The third-order valence-electron chi connectivity index (χ3n) is 3.67. The Bertz CT molecular complexity index is 534. The van der Waals surface area contributed by atoms with Crippen LogP contribution >= 0.6 is 0 Å². The largest absolute Gasteiger partial charge is 0.353 e. The summed E-state index contributed by atoms with van der Waals surface area (Å²) >= 11 is 0. The number of carbonyl (C=O) groups excluding carboxylic acids is 2. The van der Waals surface area contributed by atoms with Crippen molar-refractivity contribution in [2.75, 3.05) is 19.6 Å². The number of carbonyl (C=O) groups is 2. The normalized spacial score (nSPS) is 10.7. The van der Waals surface area contributed by atoms with Gasteiger partial charge in [-0.15, -0.1) is 6.58 Å². The van der Waals surface area contributed by atoms with E-state index in [1.165, 1.54) is 0 Å². The predicted octanol–water partition coefficient (Wildman–Crippen LogP) is 2.43. The van der Waals surface area contributed by atoms with Crippen LogP contribution in [0.25, 0.3) is 0 Å². The molecular formula is C18H29N3O2. The van der Waals surface area contributed by atoms with E-state index in [4.69, 9.17) is 0 Å². The Hall–Kier alpha value is -2.04. The van der Waals surface area contributed by atoms with E-state index < -0.39 is 0 Å². The molecule has 1 aromatic rings. The zero-order valence-electron chi connectivity index (χ0n) is 14.8. The lowest BCUT2D eigenvalue weighted by atomic mass is 10.2. The fraction of sp³-hybridized carbons (Fsp3) is 0.556. The molecule has 5 heteroatoms.